The van der Waals surface area contributed by atoms with Crippen LogP contribution in [-0.2, 0) is 9.53 Å². The highest BCUT2D eigenvalue weighted by Crippen LogP contribution is 2.19. The van der Waals surface area contributed by atoms with Crippen LogP contribution >= 0.6 is 0 Å². The second-order valence-corrected chi connectivity index (χ2v) is 5.40. The third-order valence-corrected chi connectivity index (χ3v) is 3.57. The van der Waals surface area contributed by atoms with E-state index in [2.05, 4.69) is 0 Å². The summed E-state index contributed by atoms with van der Waals surface area (Å²) >= 11 is 0. The van der Waals surface area contributed by atoms with E-state index in [9.17, 15) is 9.59 Å². The molecule has 1 saturated heterocycles. The maximum atomic E-state index is 12.6. The van der Waals surface area contributed by atoms with E-state index in [-0.39, 0.29) is 30.7 Å². The van der Waals surface area contributed by atoms with E-state index in [0.29, 0.717) is 18.9 Å². The Balaban J connectivity index is 2.10. The number of carboxylic acids is 1. The molecule has 0 aromatic carbocycles. The van der Waals surface area contributed by atoms with Gasteiger partial charge in [-0.3, -0.25) is 9.59 Å². The average molecular weight is 295 g/mol. The van der Waals surface area contributed by atoms with E-state index < -0.39 is 5.97 Å². The highest BCUT2D eigenvalue weighted by atomic mass is 16.5. The van der Waals surface area contributed by atoms with Crippen LogP contribution in [0.2, 0.25) is 0 Å². The number of carbonyl (C=O) groups excluding carboxylic acids is 1. The van der Waals surface area contributed by atoms with Crippen molar-refractivity contribution in [2.75, 3.05) is 19.7 Å². The molecule has 0 radical (unpaired) electrons. The third-order valence-electron chi connectivity index (χ3n) is 3.57. The lowest BCUT2D eigenvalue weighted by Crippen LogP contribution is -2.38. The van der Waals surface area contributed by atoms with Gasteiger partial charge in [0.25, 0.3) is 5.91 Å². The first-order chi connectivity index (χ1) is 9.97. The molecule has 1 aromatic rings. The molecule has 1 aromatic heterocycles. The van der Waals surface area contributed by atoms with Crippen LogP contribution in [0.5, 0.6) is 0 Å². The molecule has 1 aliphatic rings. The molecule has 2 heterocycles. The molecule has 1 N–H and O–H groups in total. The summed E-state index contributed by atoms with van der Waals surface area (Å²) in [6.45, 7) is 4.86. The number of ether oxygens (including phenoxy) is 1. The number of hydrogen-bond donors (Lipinski definition) is 1. The first kappa shape index (κ1) is 15.6. The molecule has 0 spiro atoms. The molecule has 1 fully saturated rings. The molecule has 1 aliphatic heterocycles. The predicted molar refractivity (Wildman–Crippen MR) is 75.3 cm³/mol. The number of nitrogens with zero attached hydrogens (tertiary/aromatic N) is 1. The molecule has 0 aliphatic carbocycles. The fraction of sp³-hybridized carbons (Fsp3) is 0.600. The van der Waals surface area contributed by atoms with Gasteiger partial charge in [-0.1, -0.05) is 0 Å². The third kappa shape index (κ3) is 4.07. The van der Waals surface area contributed by atoms with Crippen LogP contribution in [0.15, 0.2) is 10.5 Å². The first-order valence-electron chi connectivity index (χ1n) is 7.17. The second kappa shape index (κ2) is 6.76. The van der Waals surface area contributed by atoms with Gasteiger partial charge in [0, 0.05) is 25.3 Å². The fourth-order valence-electron chi connectivity index (χ4n) is 2.54. The molecular weight excluding hydrogens is 274 g/mol. The van der Waals surface area contributed by atoms with E-state index in [0.717, 1.165) is 18.4 Å². The highest BCUT2D eigenvalue weighted by molar-refractivity contribution is 5.93. The molecule has 0 bridgehead atoms. The zero-order valence-corrected chi connectivity index (χ0v) is 12.4. The molecule has 1 unspecified atom stereocenters. The van der Waals surface area contributed by atoms with Crippen LogP contribution in [0.3, 0.4) is 0 Å². The van der Waals surface area contributed by atoms with Crippen LogP contribution in [-0.4, -0.2) is 47.7 Å². The monoisotopic (exact) mass is 295 g/mol. The van der Waals surface area contributed by atoms with Crippen molar-refractivity contribution >= 4 is 11.9 Å². The minimum Gasteiger partial charge on any atom is -0.481 e. The molecule has 6 nitrogen and oxygen atoms in total. The van der Waals surface area contributed by atoms with Crippen molar-refractivity contribution in [2.45, 2.75) is 39.2 Å². The predicted octanol–water partition coefficient (Wildman–Crippen LogP) is 1.99. The average Bonchev–Trinajstić information content (AvgIpc) is 3.03. The van der Waals surface area contributed by atoms with Crippen LogP contribution in [0.1, 0.15) is 41.1 Å². The number of aliphatic carboxylic acids is 1. The molecular formula is C15H21NO5. The summed E-state index contributed by atoms with van der Waals surface area (Å²) < 4.78 is 11.0. The number of furan rings is 1. The summed E-state index contributed by atoms with van der Waals surface area (Å²) in [7, 11) is 0. The summed E-state index contributed by atoms with van der Waals surface area (Å²) in [5.41, 5.74) is 0.769. The van der Waals surface area contributed by atoms with Gasteiger partial charge in [-0.25, -0.2) is 0 Å². The molecule has 1 atom stereocenters. The number of aryl methyl sites for hydroxylation is 2. The minimum absolute atomic E-state index is 0.0147. The quantitative estimate of drug-likeness (QED) is 0.868. The Labute approximate surface area is 123 Å². The van der Waals surface area contributed by atoms with Crippen molar-refractivity contribution < 1.29 is 23.8 Å². The lowest BCUT2D eigenvalue weighted by atomic mass is 10.2. The number of carboxylic acid groups (broad SMARTS) is 1. The smallest absolute Gasteiger partial charge is 0.305 e. The topological polar surface area (TPSA) is 80.0 Å². The molecule has 6 heteroatoms. The normalized spacial score (nSPS) is 17.9. The van der Waals surface area contributed by atoms with Gasteiger partial charge in [-0.05, 0) is 32.8 Å². The zero-order chi connectivity index (χ0) is 15.4. The van der Waals surface area contributed by atoms with E-state index in [1.807, 2.05) is 6.92 Å². The van der Waals surface area contributed by atoms with Crippen molar-refractivity contribution in [2.24, 2.45) is 0 Å². The Morgan fingerprint density at radius 3 is 2.71 bits per heavy atom. The van der Waals surface area contributed by atoms with E-state index in [4.69, 9.17) is 14.3 Å². The number of hydrogen-bond acceptors (Lipinski definition) is 4. The van der Waals surface area contributed by atoms with Crippen molar-refractivity contribution in [3.05, 3.63) is 23.2 Å². The summed E-state index contributed by atoms with van der Waals surface area (Å²) in [6.07, 6.45) is 1.77. The van der Waals surface area contributed by atoms with E-state index >= 15 is 0 Å². The first-order valence-corrected chi connectivity index (χ1v) is 7.17. The van der Waals surface area contributed by atoms with Crippen LogP contribution in [0.4, 0.5) is 0 Å². The molecule has 1 amide bonds. The van der Waals surface area contributed by atoms with Gasteiger partial charge in [-0.2, -0.15) is 0 Å². The Hall–Kier alpha value is -1.82. The lowest BCUT2D eigenvalue weighted by molar-refractivity contribution is -0.137. The maximum Gasteiger partial charge on any atom is 0.305 e. The van der Waals surface area contributed by atoms with Gasteiger partial charge >= 0.3 is 5.97 Å². The van der Waals surface area contributed by atoms with Gasteiger partial charge in [-0.15, -0.1) is 0 Å². The van der Waals surface area contributed by atoms with Crippen molar-refractivity contribution in [1.29, 1.82) is 0 Å². The van der Waals surface area contributed by atoms with E-state index in [1.54, 1.807) is 13.0 Å². The minimum atomic E-state index is -0.924. The standard InChI is InChI=1S/C15H21NO5/c1-10-8-11(2)21-14(10)15(19)16(6-5-13(17)18)9-12-4-3-7-20-12/h8,12H,3-7,9H2,1-2H3,(H,17,18). The zero-order valence-electron chi connectivity index (χ0n) is 12.4. The summed E-state index contributed by atoms with van der Waals surface area (Å²) in [5, 5.41) is 8.84. The van der Waals surface area contributed by atoms with Crippen LogP contribution in [0.25, 0.3) is 0 Å². The number of carbonyl (C=O) groups is 2. The van der Waals surface area contributed by atoms with Crippen LogP contribution in [0, 0.1) is 13.8 Å². The Morgan fingerprint density at radius 1 is 1.43 bits per heavy atom. The molecule has 2 rings (SSSR count). The molecule has 0 saturated carbocycles. The van der Waals surface area contributed by atoms with Gasteiger partial charge in [0.05, 0.1) is 12.5 Å². The summed E-state index contributed by atoms with van der Waals surface area (Å²) in [5.74, 6) is -0.230. The number of amides is 1. The van der Waals surface area contributed by atoms with E-state index in [1.165, 1.54) is 4.90 Å². The van der Waals surface area contributed by atoms with Crippen molar-refractivity contribution in [3.63, 3.8) is 0 Å². The largest absolute Gasteiger partial charge is 0.481 e. The van der Waals surface area contributed by atoms with Crippen molar-refractivity contribution in [3.8, 4) is 0 Å². The second-order valence-electron chi connectivity index (χ2n) is 5.40. The van der Waals surface area contributed by atoms with Gasteiger partial charge < -0.3 is 19.2 Å². The fourth-order valence-corrected chi connectivity index (χ4v) is 2.54. The maximum absolute atomic E-state index is 12.6. The highest BCUT2D eigenvalue weighted by Gasteiger charge is 2.26. The van der Waals surface area contributed by atoms with Gasteiger partial charge in [0.15, 0.2) is 5.76 Å². The van der Waals surface area contributed by atoms with Crippen molar-refractivity contribution in [1.82, 2.24) is 4.90 Å². The summed E-state index contributed by atoms with van der Waals surface area (Å²) in [6, 6.07) is 1.80. The van der Waals surface area contributed by atoms with Gasteiger partial charge in [0.2, 0.25) is 0 Å². The SMILES string of the molecule is Cc1cc(C)c(C(=O)N(CCC(=O)O)CC2CCCO2)o1. The van der Waals surface area contributed by atoms with Gasteiger partial charge in [0.1, 0.15) is 5.76 Å². The Bertz CT molecular complexity index is 516. The summed E-state index contributed by atoms with van der Waals surface area (Å²) in [4.78, 5) is 24.9. The Morgan fingerprint density at radius 2 is 2.19 bits per heavy atom. The lowest BCUT2D eigenvalue weighted by Gasteiger charge is -2.24. The number of rotatable bonds is 6. The molecule has 21 heavy (non-hydrogen) atoms. The Kier molecular flexibility index (Phi) is 5.01. The van der Waals surface area contributed by atoms with Crippen LogP contribution < -0.4 is 0 Å². The molecule has 116 valence electrons.